The average Bonchev–Trinajstić information content (AvgIpc) is 2.83. The summed E-state index contributed by atoms with van der Waals surface area (Å²) in [5, 5.41) is 0. The summed E-state index contributed by atoms with van der Waals surface area (Å²) in [5.74, 6) is 1.28. The molecule has 0 amide bonds. The van der Waals surface area contributed by atoms with Crippen molar-refractivity contribution >= 4 is 5.97 Å². The van der Waals surface area contributed by atoms with E-state index in [0.29, 0.717) is 12.2 Å². The minimum Gasteiger partial charge on any atom is -0.485 e. The van der Waals surface area contributed by atoms with Gasteiger partial charge < -0.3 is 14.2 Å². The fourth-order valence-corrected chi connectivity index (χ4v) is 3.68. The van der Waals surface area contributed by atoms with Gasteiger partial charge in [-0.15, -0.1) is 0 Å². The Labute approximate surface area is 183 Å². The first-order valence-electron chi connectivity index (χ1n) is 10.5. The standard InChI is InChI=1S/C26H27NO4/c1-3-27(17-20-10-14-22(15-11-20)26(28)29-2)16-19-8-12-21(13-9-19)25-18-30-23-6-4-5-7-24(23)31-25/h4-15,25H,3,16-18H2,1-2H3/t25-/m1/s1. The van der Waals surface area contributed by atoms with Crippen LogP contribution in [0.15, 0.2) is 72.8 Å². The second kappa shape index (κ2) is 9.67. The highest BCUT2D eigenvalue weighted by atomic mass is 16.6. The molecule has 0 saturated heterocycles. The fraction of sp³-hybridized carbons (Fsp3) is 0.269. The number of ether oxygens (including phenoxy) is 3. The number of benzene rings is 3. The lowest BCUT2D eigenvalue weighted by molar-refractivity contribution is 0.0600. The summed E-state index contributed by atoms with van der Waals surface area (Å²) in [6.07, 6.45) is -0.0976. The Kier molecular flexibility index (Phi) is 6.53. The number of para-hydroxylation sites is 2. The van der Waals surface area contributed by atoms with E-state index in [9.17, 15) is 4.79 Å². The molecule has 0 aromatic heterocycles. The lowest BCUT2D eigenvalue weighted by Gasteiger charge is -2.27. The topological polar surface area (TPSA) is 48.0 Å². The van der Waals surface area contributed by atoms with E-state index in [2.05, 4.69) is 36.1 Å². The highest BCUT2D eigenvalue weighted by Crippen LogP contribution is 2.35. The number of methoxy groups -OCH3 is 1. The Morgan fingerprint density at radius 1 is 0.935 bits per heavy atom. The first kappa shape index (κ1) is 20.9. The molecule has 0 fully saturated rings. The molecule has 31 heavy (non-hydrogen) atoms. The molecule has 1 atom stereocenters. The van der Waals surface area contributed by atoms with E-state index >= 15 is 0 Å². The third-order valence-corrected chi connectivity index (χ3v) is 5.49. The summed E-state index contributed by atoms with van der Waals surface area (Å²) in [7, 11) is 1.40. The summed E-state index contributed by atoms with van der Waals surface area (Å²) in [5.41, 5.74) is 4.09. The summed E-state index contributed by atoms with van der Waals surface area (Å²) >= 11 is 0. The van der Waals surface area contributed by atoms with Gasteiger partial charge in [0.25, 0.3) is 0 Å². The van der Waals surface area contributed by atoms with Gasteiger partial charge in [-0.3, -0.25) is 4.90 Å². The molecule has 1 aliphatic rings. The van der Waals surface area contributed by atoms with Crippen molar-refractivity contribution in [3.8, 4) is 11.5 Å². The zero-order valence-corrected chi connectivity index (χ0v) is 17.9. The van der Waals surface area contributed by atoms with Gasteiger partial charge in [0, 0.05) is 13.1 Å². The van der Waals surface area contributed by atoms with Crippen LogP contribution in [-0.2, 0) is 17.8 Å². The fourth-order valence-electron chi connectivity index (χ4n) is 3.68. The number of nitrogens with zero attached hydrogens (tertiary/aromatic N) is 1. The Bertz CT molecular complexity index is 1010. The maximum Gasteiger partial charge on any atom is 0.337 e. The maximum atomic E-state index is 11.6. The van der Waals surface area contributed by atoms with Gasteiger partial charge in [-0.25, -0.2) is 4.79 Å². The van der Waals surface area contributed by atoms with E-state index in [1.54, 1.807) is 0 Å². The summed E-state index contributed by atoms with van der Waals surface area (Å²) < 4.78 is 16.7. The van der Waals surface area contributed by atoms with E-state index in [1.165, 1.54) is 12.7 Å². The SMILES string of the molecule is CCN(Cc1ccc(C(=O)OC)cc1)Cc1ccc([C@H]2COc3ccccc3O2)cc1. The Balaban J connectivity index is 1.37. The summed E-state index contributed by atoms with van der Waals surface area (Å²) in [6.45, 7) is 5.26. The molecule has 1 heterocycles. The second-order valence-corrected chi connectivity index (χ2v) is 7.60. The molecule has 0 spiro atoms. The quantitative estimate of drug-likeness (QED) is 0.506. The molecular weight excluding hydrogens is 390 g/mol. The molecule has 0 aliphatic carbocycles. The normalized spacial score (nSPS) is 15.0. The molecule has 0 unspecified atom stereocenters. The molecule has 0 N–H and O–H groups in total. The summed E-state index contributed by atoms with van der Waals surface area (Å²) in [6, 6.07) is 23.9. The van der Waals surface area contributed by atoms with Crippen LogP contribution in [0, 0.1) is 0 Å². The first-order valence-corrected chi connectivity index (χ1v) is 10.5. The van der Waals surface area contributed by atoms with Gasteiger partial charge in [0.05, 0.1) is 12.7 Å². The van der Waals surface area contributed by atoms with Crippen molar-refractivity contribution < 1.29 is 19.0 Å². The molecular formula is C26H27NO4. The van der Waals surface area contributed by atoms with E-state index in [-0.39, 0.29) is 12.1 Å². The van der Waals surface area contributed by atoms with Crippen molar-refractivity contribution in [2.24, 2.45) is 0 Å². The van der Waals surface area contributed by atoms with E-state index in [0.717, 1.165) is 42.3 Å². The zero-order valence-electron chi connectivity index (χ0n) is 17.9. The number of hydrogen-bond donors (Lipinski definition) is 0. The van der Waals surface area contributed by atoms with Crippen LogP contribution in [0.5, 0.6) is 11.5 Å². The van der Waals surface area contributed by atoms with Crippen LogP contribution in [-0.4, -0.2) is 31.1 Å². The van der Waals surface area contributed by atoms with E-state index < -0.39 is 0 Å². The first-order chi connectivity index (χ1) is 15.2. The largest absolute Gasteiger partial charge is 0.485 e. The number of hydrogen-bond acceptors (Lipinski definition) is 5. The van der Waals surface area contributed by atoms with Crippen LogP contribution >= 0.6 is 0 Å². The van der Waals surface area contributed by atoms with Crippen molar-refractivity contribution in [2.45, 2.75) is 26.1 Å². The number of esters is 1. The molecule has 160 valence electrons. The lowest BCUT2D eigenvalue weighted by Crippen LogP contribution is -2.23. The number of rotatable bonds is 7. The van der Waals surface area contributed by atoms with E-state index in [4.69, 9.17) is 14.2 Å². The predicted molar refractivity (Wildman–Crippen MR) is 119 cm³/mol. The summed E-state index contributed by atoms with van der Waals surface area (Å²) in [4.78, 5) is 14.0. The molecule has 3 aromatic rings. The molecule has 3 aromatic carbocycles. The van der Waals surface area contributed by atoms with Crippen LogP contribution in [0.4, 0.5) is 0 Å². The van der Waals surface area contributed by atoms with Crippen molar-refractivity contribution in [3.63, 3.8) is 0 Å². The molecule has 4 rings (SSSR count). The molecule has 0 bridgehead atoms. The number of carbonyl (C=O) groups is 1. The Hall–Kier alpha value is -3.31. The van der Waals surface area contributed by atoms with Crippen molar-refractivity contribution in [1.29, 1.82) is 0 Å². The van der Waals surface area contributed by atoms with Gasteiger partial charge in [0.15, 0.2) is 17.6 Å². The Morgan fingerprint density at radius 3 is 2.16 bits per heavy atom. The molecule has 0 radical (unpaired) electrons. The highest BCUT2D eigenvalue weighted by Gasteiger charge is 2.22. The van der Waals surface area contributed by atoms with Crippen molar-refractivity contribution in [1.82, 2.24) is 4.90 Å². The number of fused-ring (bicyclic) bond motifs is 1. The molecule has 1 aliphatic heterocycles. The third-order valence-electron chi connectivity index (χ3n) is 5.49. The van der Waals surface area contributed by atoms with Gasteiger partial charge in [-0.1, -0.05) is 55.5 Å². The minimum atomic E-state index is -0.310. The minimum absolute atomic E-state index is 0.0976. The lowest BCUT2D eigenvalue weighted by atomic mass is 10.1. The molecule has 0 saturated carbocycles. The van der Waals surface area contributed by atoms with E-state index in [1.807, 2.05) is 48.5 Å². The van der Waals surface area contributed by atoms with Gasteiger partial charge in [-0.05, 0) is 47.5 Å². The van der Waals surface area contributed by atoms with Crippen LogP contribution < -0.4 is 9.47 Å². The second-order valence-electron chi connectivity index (χ2n) is 7.60. The highest BCUT2D eigenvalue weighted by molar-refractivity contribution is 5.89. The smallest absolute Gasteiger partial charge is 0.337 e. The van der Waals surface area contributed by atoms with Crippen LogP contribution in [0.3, 0.4) is 0 Å². The van der Waals surface area contributed by atoms with Gasteiger partial charge in [0.1, 0.15) is 6.61 Å². The molecule has 5 heteroatoms. The monoisotopic (exact) mass is 417 g/mol. The van der Waals surface area contributed by atoms with Gasteiger partial charge in [-0.2, -0.15) is 0 Å². The average molecular weight is 418 g/mol. The zero-order chi connectivity index (χ0) is 21.6. The van der Waals surface area contributed by atoms with Crippen LogP contribution in [0.1, 0.15) is 40.1 Å². The van der Waals surface area contributed by atoms with Crippen LogP contribution in [0.2, 0.25) is 0 Å². The van der Waals surface area contributed by atoms with Crippen molar-refractivity contribution in [2.75, 3.05) is 20.3 Å². The van der Waals surface area contributed by atoms with Crippen LogP contribution in [0.25, 0.3) is 0 Å². The van der Waals surface area contributed by atoms with Crippen molar-refractivity contribution in [3.05, 3.63) is 95.1 Å². The van der Waals surface area contributed by atoms with Gasteiger partial charge in [0.2, 0.25) is 0 Å². The molecule has 5 nitrogen and oxygen atoms in total. The number of carbonyl (C=O) groups excluding carboxylic acids is 1. The predicted octanol–water partition coefficient (Wildman–Crippen LogP) is 5.01. The van der Waals surface area contributed by atoms with Gasteiger partial charge >= 0.3 is 5.97 Å². The third kappa shape index (κ3) is 5.06. The Morgan fingerprint density at radius 2 is 1.55 bits per heavy atom. The maximum absolute atomic E-state index is 11.6.